The first-order valence-electron chi connectivity index (χ1n) is 13.1. The Bertz CT molecular complexity index is 1420. The molecule has 202 valence electrons. The van der Waals surface area contributed by atoms with Gasteiger partial charge in [-0.1, -0.05) is 62.7 Å². The molecule has 0 unspecified atom stereocenters. The van der Waals surface area contributed by atoms with Crippen LogP contribution in [0.25, 0.3) is 10.8 Å². The number of likely N-dealkylation sites (tertiary alicyclic amines) is 1. The van der Waals surface area contributed by atoms with Gasteiger partial charge in [0.05, 0.1) is 11.4 Å². The second-order valence-corrected chi connectivity index (χ2v) is 11.4. The van der Waals surface area contributed by atoms with Crippen LogP contribution >= 0.6 is 0 Å². The molecular formula is C29H36N4O4S. The molecule has 8 nitrogen and oxygen atoms in total. The van der Waals surface area contributed by atoms with Crippen LogP contribution in [-0.4, -0.2) is 57.4 Å². The molecule has 4 rings (SSSR count). The van der Waals surface area contributed by atoms with Crippen molar-refractivity contribution in [3.05, 3.63) is 71.8 Å². The summed E-state index contributed by atoms with van der Waals surface area (Å²) in [5, 5.41) is 7.20. The molecule has 2 amide bonds. The Morgan fingerprint density at radius 1 is 0.974 bits per heavy atom. The van der Waals surface area contributed by atoms with Crippen molar-refractivity contribution < 1.29 is 18.0 Å². The van der Waals surface area contributed by atoms with Gasteiger partial charge in [-0.25, -0.2) is 13.1 Å². The van der Waals surface area contributed by atoms with Gasteiger partial charge in [0.25, 0.3) is 5.91 Å². The van der Waals surface area contributed by atoms with Gasteiger partial charge >= 0.3 is 0 Å². The van der Waals surface area contributed by atoms with E-state index in [2.05, 4.69) is 15.4 Å². The highest BCUT2D eigenvalue weighted by atomic mass is 32.2. The molecule has 3 aromatic rings. The molecule has 0 saturated carbocycles. The predicted octanol–water partition coefficient (Wildman–Crippen LogP) is 3.92. The summed E-state index contributed by atoms with van der Waals surface area (Å²) >= 11 is 0. The lowest BCUT2D eigenvalue weighted by atomic mass is 9.90. The standard InChI is InChI=1S/C29H36N4O4S/c1-4-21-19-33(28(34)18-30-5-2)17-16-25(21)32-38(36,37)27-15-14-26(23-12-8-9-13-24(23)27)31-29(35)22-11-7-6-10-20(22)3/h6-15,21,25,30,32H,4-5,16-19H2,1-3H3,(H,31,35)/t21-,25+/m1/s1. The van der Waals surface area contributed by atoms with E-state index in [9.17, 15) is 18.0 Å². The molecule has 3 N–H and O–H groups in total. The van der Waals surface area contributed by atoms with Crippen LogP contribution in [0, 0.1) is 12.8 Å². The first-order chi connectivity index (χ1) is 18.2. The number of hydrogen-bond acceptors (Lipinski definition) is 5. The van der Waals surface area contributed by atoms with Gasteiger partial charge in [0.15, 0.2) is 0 Å². The van der Waals surface area contributed by atoms with Crippen molar-refractivity contribution in [1.29, 1.82) is 0 Å². The molecule has 2 atom stereocenters. The van der Waals surface area contributed by atoms with Gasteiger partial charge in [-0.15, -0.1) is 0 Å². The molecule has 0 bridgehead atoms. The Morgan fingerprint density at radius 3 is 2.39 bits per heavy atom. The molecule has 9 heteroatoms. The van der Waals surface area contributed by atoms with Crippen molar-refractivity contribution >= 4 is 38.3 Å². The number of likely N-dealkylation sites (N-methyl/N-ethyl adjacent to an activating group) is 1. The van der Waals surface area contributed by atoms with Crippen LogP contribution in [0.4, 0.5) is 5.69 Å². The number of anilines is 1. The summed E-state index contributed by atoms with van der Waals surface area (Å²) in [5.41, 5.74) is 1.97. The summed E-state index contributed by atoms with van der Waals surface area (Å²) in [6, 6.07) is 17.4. The minimum absolute atomic E-state index is 0.0167. The van der Waals surface area contributed by atoms with Crippen molar-refractivity contribution in [2.24, 2.45) is 5.92 Å². The fourth-order valence-corrected chi connectivity index (χ4v) is 6.62. The molecule has 3 aromatic carbocycles. The highest BCUT2D eigenvalue weighted by Gasteiger charge is 2.33. The van der Waals surface area contributed by atoms with E-state index in [1.807, 2.05) is 56.0 Å². The van der Waals surface area contributed by atoms with Crippen LogP contribution in [0.3, 0.4) is 0 Å². The Kier molecular flexibility index (Phi) is 8.81. The van der Waals surface area contributed by atoms with Crippen LogP contribution in [-0.2, 0) is 14.8 Å². The first kappa shape index (κ1) is 27.8. The number of nitrogens with one attached hydrogen (secondary N) is 3. The summed E-state index contributed by atoms with van der Waals surface area (Å²) in [5.74, 6) is -0.188. The molecule has 38 heavy (non-hydrogen) atoms. The SMILES string of the molecule is CCNCC(=O)N1CC[C@H](NS(=O)(=O)c2ccc(NC(=O)c3ccccc3C)c3ccccc23)[C@H](CC)C1. The van der Waals surface area contributed by atoms with Gasteiger partial charge in [-0.3, -0.25) is 9.59 Å². The lowest BCUT2D eigenvalue weighted by molar-refractivity contribution is -0.132. The molecule has 1 saturated heterocycles. The van der Waals surface area contributed by atoms with E-state index in [0.29, 0.717) is 48.1 Å². The third-order valence-corrected chi connectivity index (χ3v) is 8.80. The minimum Gasteiger partial charge on any atom is -0.341 e. The second-order valence-electron chi connectivity index (χ2n) is 9.73. The van der Waals surface area contributed by atoms with Gasteiger partial charge < -0.3 is 15.5 Å². The van der Waals surface area contributed by atoms with E-state index in [4.69, 9.17) is 0 Å². The van der Waals surface area contributed by atoms with Crippen molar-refractivity contribution in [3.63, 3.8) is 0 Å². The molecule has 1 fully saturated rings. The second kappa shape index (κ2) is 12.1. The molecule has 0 spiro atoms. The Balaban J connectivity index is 1.56. The largest absolute Gasteiger partial charge is 0.341 e. The van der Waals surface area contributed by atoms with Crippen LogP contribution in [0.1, 0.15) is 42.6 Å². The number of sulfonamides is 1. The zero-order valence-electron chi connectivity index (χ0n) is 22.2. The summed E-state index contributed by atoms with van der Waals surface area (Å²) in [6.07, 6.45) is 1.31. The van der Waals surface area contributed by atoms with E-state index >= 15 is 0 Å². The number of benzene rings is 3. The smallest absolute Gasteiger partial charge is 0.255 e. The summed E-state index contributed by atoms with van der Waals surface area (Å²) in [7, 11) is -3.86. The van der Waals surface area contributed by atoms with Gasteiger partial charge in [0, 0.05) is 41.2 Å². The summed E-state index contributed by atoms with van der Waals surface area (Å²) in [4.78, 5) is 27.4. The van der Waals surface area contributed by atoms with E-state index in [-0.39, 0.29) is 28.7 Å². The highest BCUT2D eigenvalue weighted by Crippen LogP contribution is 2.31. The molecule has 0 aromatic heterocycles. The Labute approximate surface area is 224 Å². The normalized spacial score (nSPS) is 17.9. The molecule has 1 aliphatic rings. The molecule has 0 aliphatic carbocycles. The number of carbonyl (C=O) groups is 2. The fourth-order valence-electron chi connectivity index (χ4n) is 5.07. The first-order valence-corrected chi connectivity index (χ1v) is 14.6. The lowest BCUT2D eigenvalue weighted by Gasteiger charge is -2.38. The van der Waals surface area contributed by atoms with E-state index in [0.717, 1.165) is 18.5 Å². The zero-order chi connectivity index (χ0) is 27.3. The highest BCUT2D eigenvalue weighted by molar-refractivity contribution is 7.89. The third kappa shape index (κ3) is 6.06. The molecule has 1 aliphatic heterocycles. The van der Waals surface area contributed by atoms with Crippen molar-refractivity contribution in [2.45, 2.75) is 44.6 Å². The summed E-state index contributed by atoms with van der Waals surface area (Å²) in [6.45, 7) is 7.91. The predicted molar refractivity (Wildman–Crippen MR) is 151 cm³/mol. The summed E-state index contributed by atoms with van der Waals surface area (Å²) < 4.78 is 30.2. The maximum atomic E-state index is 13.6. The van der Waals surface area contributed by atoms with Gasteiger partial charge in [0.2, 0.25) is 15.9 Å². The number of amides is 2. The van der Waals surface area contributed by atoms with Crippen LogP contribution in [0.15, 0.2) is 65.6 Å². The average molecular weight is 537 g/mol. The third-order valence-electron chi connectivity index (χ3n) is 7.26. The van der Waals surface area contributed by atoms with Crippen molar-refractivity contribution in [2.75, 3.05) is 31.5 Å². The molecular weight excluding hydrogens is 500 g/mol. The fraction of sp³-hybridized carbons (Fsp3) is 0.379. The van der Waals surface area contributed by atoms with E-state index < -0.39 is 10.0 Å². The van der Waals surface area contributed by atoms with Gasteiger partial charge in [-0.2, -0.15) is 0 Å². The number of piperidine rings is 1. The number of nitrogens with zero attached hydrogens (tertiary/aromatic N) is 1. The molecule has 1 heterocycles. The van der Waals surface area contributed by atoms with E-state index in [1.54, 1.807) is 30.3 Å². The quantitative estimate of drug-likeness (QED) is 0.384. The monoisotopic (exact) mass is 536 g/mol. The van der Waals surface area contributed by atoms with Crippen LogP contribution in [0.5, 0.6) is 0 Å². The maximum Gasteiger partial charge on any atom is 0.255 e. The van der Waals surface area contributed by atoms with Crippen LogP contribution in [0.2, 0.25) is 0 Å². The number of rotatable bonds is 9. The van der Waals surface area contributed by atoms with E-state index in [1.165, 1.54) is 0 Å². The average Bonchev–Trinajstić information content (AvgIpc) is 2.92. The lowest BCUT2D eigenvalue weighted by Crippen LogP contribution is -2.53. The van der Waals surface area contributed by atoms with Crippen molar-refractivity contribution in [1.82, 2.24) is 14.9 Å². The minimum atomic E-state index is -3.86. The number of aryl methyl sites for hydroxylation is 1. The Morgan fingerprint density at radius 2 is 1.68 bits per heavy atom. The van der Waals surface area contributed by atoms with Crippen LogP contribution < -0.4 is 15.4 Å². The van der Waals surface area contributed by atoms with Crippen molar-refractivity contribution in [3.8, 4) is 0 Å². The Hall–Kier alpha value is -3.27. The number of hydrogen-bond donors (Lipinski definition) is 3. The number of carbonyl (C=O) groups excluding carboxylic acids is 2. The van der Waals surface area contributed by atoms with Gasteiger partial charge in [0.1, 0.15) is 0 Å². The maximum absolute atomic E-state index is 13.6. The van der Waals surface area contributed by atoms with Gasteiger partial charge in [-0.05, 0) is 49.6 Å². The number of fused-ring (bicyclic) bond motifs is 1. The zero-order valence-corrected chi connectivity index (χ0v) is 23.0. The molecule has 0 radical (unpaired) electrons. The topological polar surface area (TPSA) is 108 Å².